The maximum Gasteiger partial charge on any atom is 0.231 e. The summed E-state index contributed by atoms with van der Waals surface area (Å²) in [5.74, 6) is 3.41. The third-order valence-corrected chi connectivity index (χ3v) is 4.14. The number of ether oxygens (including phenoxy) is 4. The fourth-order valence-electron chi connectivity index (χ4n) is 2.83. The van der Waals surface area contributed by atoms with E-state index in [1.54, 1.807) is 0 Å². The first-order valence-corrected chi connectivity index (χ1v) is 8.63. The van der Waals surface area contributed by atoms with Crippen molar-refractivity contribution in [2.45, 2.75) is 12.8 Å². The smallest absolute Gasteiger partial charge is 0.231 e. The van der Waals surface area contributed by atoms with Crippen LogP contribution in [0.1, 0.15) is 12.0 Å². The summed E-state index contributed by atoms with van der Waals surface area (Å²) in [6.07, 6.45) is 1.64. The van der Waals surface area contributed by atoms with E-state index in [1.165, 1.54) is 0 Å². The number of aliphatic imine (C=N–C) groups is 1. The lowest BCUT2D eigenvalue weighted by Crippen LogP contribution is -2.23. The average molecular weight is 483 g/mol. The maximum absolute atomic E-state index is 5.99. The number of hydrogen-bond donors (Lipinski definition) is 2. The summed E-state index contributed by atoms with van der Waals surface area (Å²) in [7, 11) is 0. The van der Waals surface area contributed by atoms with Gasteiger partial charge in [-0.05, 0) is 36.2 Å². The van der Waals surface area contributed by atoms with Crippen molar-refractivity contribution in [3.05, 3.63) is 42.0 Å². The fraction of sp³-hybridized carbons (Fsp3) is 0.316. The predicted octanol–water partition coefficient (Wildman–Crippen LogP) is 3.16. The number of fused-ring (bicyclic) bond motifs is 2. The van der Waals surface area contributed by atoms with Gasteiger partial charge in [0.1, 0.15) is 0 Å². The predicted molar refractivity (Wildman–Crippen MR) is 114 cm³/mol. The van der Waals surface area contributed by atoms with Crippen LogP contribution in [0, 0.1) is 0 Å². The van der Waals surface area contributed by atoms with Gasteiger partial charge in [0.2, 0.25) is 6.79 Å². The molecule has 0 saturated heterocycles. The summed E-state index contributed by atoms with van der Waals surface area (Å²) >= 11 is 0. The van der Waals surface area contributed by atoms with Gasteiger partial charge >= 0.3 is 0 Å². The van der Waals surface area contributed by atoms with Gasteiger partial charge in [-0.2, -0.15) is 0 Å². The first-order chi connectivity index (χ1) is 12.8. The second-order valence-corrected chi connectivity index (χ2v) is 6.04. The minimum atomic E-state index is 0. The van der Waals surface area contributed by atoms with Gasteiger partial charge in [-0.1, -0.05) is 6.07 Å². The highest BCUT2D eigenvalue weighted by Gasteiger charge is 2.13. The first-order valence-electron chi connectivity index (χ1n) is 8.63. The van der Waals surface area contributed by atoms with E-state index in [9.17, 15) is 0 Å². The summed E-state index contributed by atoms with van der Waals surface area (Å²) in [6, 6.07) is 11.6. The number of nitrogens with zero attached hydrogens (tertiary/aromatic N) is 1. The van der Waals surface area contributed by atoms with Crippen molar-refractivity contribution in [3.8, 4) is 23.0 Å². The molecule has 0 spiro atoms. The highest BCUT2D eigenvalue weighted by molar-refractivity contribution is 14.0. The van der Waals surface area contributed by atoms with Gasteiger partial charge in [-0.25, -0.2) is 0 Å². The van der Waals surface area contributed by atoms with Crippen LogP contribution in [0.4, 0.5) is 5.69 Å². The molecular formula is C19H22IN3O4. The largest absolute Gasteiger partial charge is 0.490 e. The van der Waals surface area contributed by atoms with Crippen molar-refractivity contribution in [1.82, 2.24) is 0 Å². The average Bonchev–Trinajstić information content (AvgIpc) is 2.98. The van der Waals surface area contributed by atoms with Crippen molar-refractivity contribution in [1.29, 1.82) is 0 Å². The molecule has 4 rings (SSSR count). The molecule has 0 aromatic heterocycles. The monoisotopic (exact) mass is 483 g/mol. The molecule has 0 aliphatic carbocycles. The molecular weight excluding hydrogens is 461 g/mol. The number of anilines is 1. The van der Waals surface area contributed by atoms with Crippen LogP contribution in [0.15, 0.2) is 41.4 Å². The SMILES string of the molecule is I.NC(=NCCc1ccc2c(c1)OCO2)Nc1ccc2c(c1)OCCCO2. The molecule has 27 heavy (non-hydrogen) atoms. The van der Waals surface area contributed by atoms with Crippen molar-refractivity contribution in [2.24, 2.45) is 10.7 Å². The van der Waals surface area contributed by atoms with E-state index < -0.39 is 0 Å². The number of rotatable bonds is 4. The molecule has 0 bridgehead atoms. The summed E-state index contributed by atoms with van der Waals surface area (Å²) < 4.78 is 22.0. The highest BCUT2D eigenvalue weighted by atomic mass is 127. The van der Waals surface area contributed by atoms with E-state index >= 15 is 0 Å². The molecule has 2 aromatic carbocycles. The number of hydrogen-bond acceptors (Lipinski definition) is 5. The van der Waals surface area contributed by atoms with Crippen molar-refractivity contribution < 1.29 is 18.9 Å². The summed E-state index contributed by atoms with van der Waals surface area (Å²) in [6.45, 7) is 2.17. The van der Waals surface area contributed by atoms with E-state index in [4.69, 9.17) is 24.7 Å². The number of halogens is 1. The van der Waals surface area contributed by atoms with Crippen LogP contribution in [-0.2, 0) is 6.42 Å². The Kier molecular flexibility index (Phi) is 6.49. The number of nitrogens with two attached hydrogens (primary N) is 1. The Morgan fingerprint density at radius 1 is 0.926 bits per heavy atom. The number of nitrogens with one attached hydrogen (secondary N) is 1. The molecule has 0 unspecified atom stereocenters. The van der Waals surface area contributed by atoms with Crippen molar-refractivity contribution in [2.75, 3.05) is 31.9 Å². The Bertz CT molecular complexity index is 829. The molecule has 2 aromatic rings. The summed E-state index contributed by atoms with van der Waals surface area (Å²) in [5.41, 5.74) is 7.93. The van der Waals surface area contributed by atoms with Gasteiger partial charge in [-0.15, -0.1) is 24.0 Å². The minimum Gasteiger partial charge on any atom is -0.490 e. The van der Waals surface area contributed by atoms with Gasteiger partial charge < -0.3 is 30.0 Å². The Labute approximate surface area is 174 Å². The quantitative estimate of drug-likeness (QED) is 0.395. The van der Waals surface area contributed by atoms with Crippen LogP contribution in [0.2, 0.25) is 0 Å². The van der Waals surface area contributed by atoms with Gasteiger partial charge in [-0.3, -0.25) is 4.99 Å². The Morgan fingerprint density at radius 3 is 2.52 bits per heavy atom. The Balaban J connectivity index is 0.00000210. The van der Waals surface area contributed by atoms with Crippen molar-refractivity contribution >= 4 is 35.6 Å². The van der Waals surface area contributed by atoms with E-state index in [0.717, 1.165) is 47.1 Å². The van der Waals surface area contributed by atoms with Crippen LogP contribution in [0.5, 0.6) is 23.0 Å². The van der Waals surface area contributed by atoms with Crippen LogP contribution in [-0.4, -0.2) is 32.5 Å². The molecule has 144 valence electrons. The van der Waals surface area contributed by atoms with Crippen LogP contribution in [0.25, 0.3) is 0 Å². The second-order valence-electron chi connectivity index (χ2n) is 6.04. The third kappa shape index (κ3) is 4.88. The zero-order valence-corrected chi connectivity index (χ0v) is 17.1. The van der Waals surface area contributed by atoms with Crippen LogP contribution >= 0.6 is 24.0 Å². The topological polar surface area (TPSA) is 87.3 Å². The summed E-state index contributed by atoms with van der Waals surface area (Å²) in [5, 5.41) is 3.09. The lowest BCUT2D eigenvalue weighted by molar-refractivity contribution is 0.174. The van der Waals surface area contributed by atoms with Crippen molar-refractivity contribution in [3.63, 3.8) is 0 Å². The summed E-state index contributed by atoms with van der Waals surface area (Å²) in [4.78, 5) is 4.38. The van der Waals surface area contributed by atoms with Gasteiger partial charge in [0.15, 0.2) is 29.0 Å². The third-order valence-electron chi connectivity index (χ3n) is 4.14. The van der Waals surface area contributed by atoms with E-state index in [1.807, 2.05) is 36.4 Å². The Morgan fingerprint density at radius 2 is 1.63 bits per heavy atom. The van der Waals surface area contributed by atoms with E-state index in [-0.39, 0.29) is 30.8 Å². The molecule has 2 aliphatic rings. The van der Waals surface area contributed by atoms with Gasteiger partial charge in [0.05, 0.1) is 13.2 Å². The molecule has 8 heteroatoms. The van der Waals surface area contributed by atoms with E-state index in [2.05, 4.69) is 10.3 Å². The molecule has 0 radical (unpaired) electrons. The highest BCUT2D eigenvalue weighted by Crippen LogP contribution is 2.33. The lowest BCUT2D eigenvalue weighted by atomic mass is 10.1. The molecule has 0 atom stereocenters. The lowest BCUT2D eigenvalue weighted by Gasteiger charge is -2.10. The Hall–Kier alpha value is -2.36. The fourth-order valence-corrected chi connectivity index (χ4v) is 2.83. The van der Waals surface area contributed by atoms with E-state index in [0.29, 0.717) is 25.7 Å². The minimum absolute atomic E-state index is 0. The molecule has 0 fully saturated rings. The van der Waals surface area contributed by atoms with Gasteiger partial charge in [0.25, 0.3) is 0 Å². The first kappa shape index (κ1) is 19.4. The van der Waals surface area contributed by atoms with Gasteiger partial charge in [0, 0.05) is 24.7 Å². The maximum atomic E-state index is 5.99. The molecule has 2 aliphatic heterocycles. The molecule has 0 amide bonds. The zero-order valence-electron chi connectivity index (χ0n) is 14.8. The molecule has 2 heterocycles. The molecule has 3 N–H and O–H groups in total. The molecule has 0 saturated carbocycles. The van der Waals surface area contributed by atoms with Crippen LogP contribution < -0.4 is 30.0 Å². The second kappa shape index (κ2) is 9.03. The standard InChI is InChI=1S/C19H21N3O4.HI/c20-19(21-7-6-13-2-4-16-17(10-13)26-12-25-16)22-14-3-5-15-18(11-14)24-9-1-8-23-15;/h2-5,10-11H,1,6-9,12H2,(H3,20,21,22);1H. The van der Waals surface area contributed by atoms with Crippen LogP contribution in [0.3, 0.4) is 0 Å². The normalized spacial score (nSPS) is 14.9. The number of benzene rings is 2. The number of guanidine groups is 1. The zero-order chi connectivity index (χ0) is 17.8. The molecule has 7 nitrogen and oxygen atoms in total.